The summed E-state index contributed by atoms with van der Waals surface area (Å²) in [6.45, 7) is 2.11. The number of hydrogen-bond donors (Lipinski definition) is 2. The van der Waals surface area contributed by atoms with Crippen LogP contribution in [0.25, 0.3) is 0 Å². The molecule has 4 nitrogen and oxygen atoms in total. The van der Waals surface area contributed by atoms with Gasteiger partial charge in [0.05, 0.1) is 8.66 Å². The van der Waals surface area contributed by atoms with Crippen LogP contribution >= 0.6 is 27.3 Å². The summed E-state index contributed by atoms with van der Waals surface area (Å²) in [7, 11) is 0. The summed E-state index contributed by atoms with van der Waals surface area (Å²) in [5, 5.41) is 0. The second-order valence-corrected chi connectivity index (χ2v) is 7.24. The van der Waals surface area contributed by atoms with E-state index in [4.69, 9.17) is 0 Å². The smallest absolute Gasteiger partial charge is 0.273 e. The van der Waals surface area contributed by atoms with E-state index in [2.05, 4.69) is 45.8 Å². The van der Waals surface area contributed by atoms with E-state index in [0.717, 1.165) is 15.8 Å². The number of halogens is 1. The standard InChI is InChI=1S/C16H17BrN2O2S/c1-2-11-3-5-12(6-4-11)7-10-15(20)18-19-16(21)13-8-9-14(17)22-13/h3-6,8-9H,2,7,10H2,1H3,(H,18,20)(H,19,21). The van der Waals surface area contributed by atoms with Gasteiger partial charge in [0.2, 0.25) is 5.91 Å². The number of benzene rings is 1. The Morgan fingerprint density at radius 3 is 2.32 bits per heavy atom. The van der Waals surface area contributed by atoms with Gasteiger partial charge in [-0.25, -0.2) is 0 Å². The number of aryl methyl sites for hydroxylation is 2. The second kappa shape index (κ2) is 8.10. The highest BCUT2D eigenvalue weighted by molar-refractivity contribution is 9.11. The third-order valence-electron chi connectivity index (χ3n) is 3.18. The predicted molar refractivity (Wildman–Crippen MR) is 91.8 cm³/mol. The summed E-state index contributed by atoms with van der Waals surface area (Å²) in [6.07, 6.45) is 1.99. The molecule has 0 unspecified atom stereocenters. The molecule has 1 heterocycles. The molecule has 2 aromatic rings. The molecule has 0 spiro atoms. The molecule has 2 N–H and O–H groups in total. The fraction of sp³-hybridized carbons (Fsp3) is 0.250. The third kappa shape index (κ3) is 4.96. The lowest BCUT2D eigenvalue weighted by Crippen LogP contribution is -2.41. The van der Waals surface area contributed by atoms with Crippen LogP contribution in [0, 0.1) is 0 Å². The van der Waals surface area contributed by atoms with E-state index in [1.54, 1.807) is 12.1 Å². The minimum Gasteiger partial charge on any atom is -0.273 e. The summed E-state index contributed by atoms with van der Waals surface area (Å²) < 4.78 is 0.875. The predicted octanol–water partition coefficient (Wildman–Crippen LogP) is 3.47. The number of hydrogen-bond acceptors (Lipinski definition) is 3. The van der Waals surface area contributed by atoms with E-state index in [0.29, 0.717) is 17.7 Å². The Bertz CT molecular complexity index is 652. The summed E-state index contributed by atoms with van der Waals surface area (Å²) in [4.78, 5) is 24.1. The second-order valence-electron chi connectivity index (χ2n) is 4.78. The third-order valence-corrected chi connectivity index (χ3v) is 4.81. The highest BCUT2D eigenvalue weighted by atomic mass is 79.9. The van der Waals surface area contributed by atoms with Gasteiger partial charge in [0.25, 0.3) is 5.91 Å². The summed E-state index contributed by atoms with van der Waals surface area (Å²) in [5.74, 6) is -0.514. The largest absolute Gasteiger partial charge is 0.279 e. The van der Waals surface area contributed by atoms with Gasteiger partial charge >= 0.3 is 0 Å². The molecule has 1 aromatic carbocycles. The Kier molecular flexibility index (Phi) is 6.15. The molecular formula is C16H17BrN2O2S. The van der Waals surface area contributed by atoms with E-state index in [1.807, 2.05) is 12.1 Å². The molecule has 0 atom stereocenters. The average Bonchev–Trinajstić information content (AvgIpc) is 2.97. The van der Waals surface area contributed by atoms with Crippen molar-refractivity contribution in [3.63, 3.8) is 0 Å². The van der Waals surface area contributed by atoms with Crippen molar-refractivity contribution >= 4 is 39.1 Å². The Hall–Kier alpha value is -1.66. The van der Waals surface area contributed by atoms with Crippen molar-refractivity contribution in [1.29, 1.82) is 0 Å². The van der Waals surface area contributed by atoms with E-state index < -0.39 is 0 Å². The van der Waals surface area contributed by atoms with Gasteiger partial charge in [0, 0.05) is 6.42 Å². The van der Waals surface area contributed by atoms with Crippen molar-refractivity contribution in [1.82, 2.24) is 10.9 Å². The monoisotopic (exact) mass is 380 g/mol. The molecule has 0 saturated heterocycles. The summed E-state index contributed by atoms with van der Waals surface area (Å²) in [6, 6.07) is 11.7. The minimum absolute atomic E-state index is 0.205. The molecule has 0 fully saturated rings. The first-order chi connectivity index (χ1) is 10.6. The van der Waals surface area contributed by atoms with Crippen LogP contribution in [-0.2, 0) is 17.6 Å². The number of carbonyl (C=O) groups excluding carboxylic acids is 2. The van der Waals surface area contributed by atoms with Crippen LogP contribution in [0.15, 0.2) is 40.2 Å². The van der Waals surface area contributed by atoms with Crippen LogP contribution in [0.3, 0.4) is 0 Å². The maximum atomic E-state index is 11.8. The number of carbonyl (C=O) groups is 2. The zero-order valence-electron chi connectivity index (χ0n) is 12.2. The molecule has 0 saturated carbocycles. The number of nitrogens with one attached hydrogen (secondary N) is 2. The van der Waals surface area contributed by atoms with E-state index >= 15 is 0 Å². The average molecular weight is 381 g/mol. The molecule has 2 rings (SSSR count). The normalized spacial score (nSPS) is 10.3. The lowest BCUT2D eigenvalue weighted by molar-refractivity contribution is -0.121. The van der Waals surface area contributed by atoms with Crippen LogP contribution in [0.5, 0.6) is 0 Å². The zero-order chi connectivity index (χ0) is 15.9. The molecule has 0 bridgehead atoms. The van der Waals surface area contributed by atoms with Crippen LogP contribution in [0.2, 0.25) is 0 Å². The Morgan fingerprint density at radius 1 is 1.05 bits per heavy atom. The first kappa shape index (κ1) is 16.7. The summed E-state index contributed by atoms with van der Waals surface area (Å²) >= 11 is 4.61. The number of rotatable bonds is 5. The van der Waals surface area contributed by atoms with Crippen molar-refractivity contribution in [3.8, 4) is 0 Å². The highest BCUT2D eigenvalue weighted by Crippen LogP contribution is 2.21. The van der Waals surface area contributed by atoms with Gasteiger partial charge in [-0.1, -0.05) is 31.2 Å². The van der Waals surface area contributed by atoms with Crippen molar-refractivity contribution in [2.24, 2.45) is 0 Å². The first-order valence-electron chi connectivity index (χ1n) is 7.01. The van der Waals surface area contributed by atoms with E-state index in [-0.39, 0.29) is 11.8 Å². The minimum atomic E-state index is -0.309. The molecule has 0 aliphatic rings. The lowest BCUT2D eigenvalue weighted by Gasteiger charge is -2.06. The van der Waals surface area contributed by atoms with E-state index in [1.165, 1.54) is 16.9 Å². The van der Waals surface area contributed by atoms with Crippen molar-refractivity contribution < 1.29 is 9.59 Å². The topological polar surface area (TPSA) is 58.2 Å². The Labute approximate surface area is 142 Å². The van der Waals surface area contributed by atoms with Crippen LogP contribution in [0.1, 0.15) is 34.1 Å². The van der Waals surface area contributed by atoms with Gasteiger partial charge in [0.1, 0.15) is 0 Å². The van der Waals surface area contributed by atoms with Crippen molar-refractivity contribution in [2.75, 3.05) is 0 Å². The van der Waals surface area contributed by atoms with Gasteiger partial charge in [-0.05, 0) is 52.0 Å². The number of hydrazine groups is 1. The van der Waals surface area contributed by atoms with Gasteiger partial charge < -0.3 is 0 Å². The van der Waals surface area contributed by atoms with Gasteiger partial charge in [-0.3, -0.25) is 20.4 Å². The molecule has 22 heavy (non-hydrogen) atoms. The molecule has 2 amide bonds. The first-order valence-corrected chi connectivity index (χ1v) is 8.61. The fourth-order valence-corrected chi connectivity index (χ4v) is 3.17. The lowest BCUT2D eigenvalue weighted by atomic mass is 10.1. The SMILES string of the molecule is CCc1ccc(CCC(=O)NNC(=O)c2ccc(Br)s2)cc1. The van der Waals surface area contributed by atoms with Crippen LogP contribution in [0.4, 0.5) is 0 Å². The van der Waals surface area contributed by atoms with Crippen molar-refractivity contribution in [2.45, 2.75) is 26.2 Å². The fourth-order valence-electron chi connectivity index (χ4n) is 1.89. The van der Waals surface area contributed by atoms with Crippen LogP contribution in [-0.4, -0.2) is 11.8 Å². The van der Waals surface area contributed by atoms with Gasteiger partial charge in [-0.2, -0.15) is 0 Å². The van der Waals surface area contributed by atoms with E-state index in [9.17, 15) is 9.59 Å². The van der Waals surface area contributed by atoms with Gasteiger partial charge in [-0.15, -0.1) is 11.3 Å². The van der Waals surface area contributed by atoms with Crippen molar-refractivity contribution in [3.05, 3.63) is 56.2 Å². The number of thiophene rings is 1. The molecule has 6 heteroatoms. The zero-order valence-corrected chi connectivity index (χ0v) is 14.6. The molecule has 0 aliphatic heterocycles. The molecule has 116 valence electrons. The molecule has 0 aliphatic carbocycles. The Balaban J connectivity index is 1.74. The summed E-state index contributed by atoms with van der Waals surface area (Å²) in [5.41, 5.74) is 7.25. The number of amides is 2. The quantitative estimate of drug-likeness (QED) is 0.780. The maximum absolute atomic E-state index is 11.8. The van der Waals surface area contributed by atoms with Gasteiger partial charge in [0.15, 0.2) is 0 Å². The molecule has 0 radical (unpaired) electrons. The highest BCUT2D eigenvalue weighted by Gasteiger charge is 2.09. The maximum Gasteiger partial charge on any atom is 0.279 e. The van der Waals surface area contributed by atoms with Crippen LogP contribution < -0.4 is 10.9 Å². The molecular weight excluding hydrogens is 364 g/mol. The Morgan fingerprint density at radius 2 is 1.73 bits per heavy atom. The molecule has 1 aromatic heterocycles.